The van der Waals surface area contributed by atoms with E-state index < -0.39 is 12.1 Å². The molecule has 2 aromatic carbocycles. The molecule has 40 heavy (non-hydrogen) atoms. The first-order valence-electron chi connectivity index (χ1n) is 13.1. The lowest BCUT2D eigenvalue weighted by Crippen LogP contribution is -2.49. The molecule has 0 spiro atoms. The third-order valence-corrected chi connectivity index (χ3v) is 7.55. The van der Waals surface area contributed by atoms with Crippen LogP contribution in [0.3, 0.4) is 0 Å². The second-order valence-electron chi connectivity index (χ2n) is 10.1. The van der Waals surface area contributed by atoms with E-state index in [1.165, 1.54) is 11.3 Å². The standard InChI is InChI=1S/C31H35N5O3S/c1-21-13-26(17-32-16-21)35(3)18-28(37)27(14-23-9-6-5-7-10-23)34-30(38)24-11-8-12-25(15-24)31(39)36(4)19-29-33-22(2)20-40-29/h5-13,15-17,20,27-28,37H,14,18-19H2,1-4H3,(H,34,38). The molecule has 208 valence electrons. The van der Waals surface area contributed by atoms with Crippen molar-refractivity contribution < 1.29 is 14.7 Å². The number of carbonyl (C=O) groups is 2. The molecule has 4 aromatic rings. The maximum absolute atomic E-state index is 13.4. The molecular formula is C31H35N5O3S. The molecule has 2 heterocycles. The van der Waals surface area contributed by atoms with Crippen molar-refractivity contribution in [2.75, 3.05) is 25.5 Å². The molecule has 0 radical (unpaired) electrons. The van der Waals surface area contributed by atoms with E-state index in [0.717, 1.165) is 27.5 Å². The molecule has 4 rings (SSSR count). The summed E-state index contributed by atoms with van der Waals surface area (Å²) in [6, 6.07) is 17.8. The zero-order valence-electron chi connectivity index (χ0n) is 23.2. The number of thiazole rings is 1. The predicted octanol–water partition coefficient (Wildman–Crippen LogP) is 4.27. The SMILES string of the molecule is Cc1cncc(N(C)CC(O)C(Cc2ccccc2)NC(=O)c2cccc(C(=O)N(C)Cc3nc(C)cs3)c2)c1. The number of benzene rings is 2. The van der Waals surface area contributed by atoms with E-state index in [-0.39, 0.29) is 11.8 Å². The van der Waals surface area contributed by atoms with Crippen molar-refractivity contribution in [3.05, 3.63) is 111 Å². The van der Waals surface area contributed by atoms with Crippen molar-refractivity contribution >= 4 is 28.8 Å². The Morgan fingerprint density at radius 3 is 2.45 bits per heavy atom. The van der Waals surface area contributed by atoms with Crippen LogP contribution in [-0.2, 0) is 13.0 Å². The Morgan fingerprint density at radius 1 is 1.00 bits per heavy atom. The minimum atomic E-state index is -0.868. The Labute approximate surface area is 239 Å². The molecule has 0 saturated heterocycles. The third-order valence-electron chi connectivity index (χ3n) is 6.60. The lowest BCUT2D eigenvalue weighted by molar-refractivity contribution is 0.0785. The van der Waals surface area contributed by atoms with E-state index in [1.54, 1.807) is 48.6 Å². The Bertz CT molecular complexity index is 1440. The minimum absolute atomic E-state index is 0.197. The summed E-state index contributed by atoms with van der Waals surface area (Å²) in [5.41, 5.74) is 4.59. The number of anilines is 1. The first-order chi connectivity index (χ1) is 19.2. The molecule has 2 N–H and O–H groups in total. The van der Waals surface area contributed by atoms with E-state index in [9.17, 15) is 14.7 Å². The lowest BCUT2D eigenvalue weighted by Gasteiger charge is -2.29. The number of likely N-dealkylation sites (N-methyl/N-ethyl adjacent to an activating group) is 1. The quantitative estimate of drug-likeness (QED) is 0.286. The van der Waals surface area contributed by atoms with Gasteiger partial charge in [-0.15, -0.1) is 11.3 Å². The van der Waals surface area contributed by atoms with Crippen LogP contribution in [-0.4, -0.2) is 64.6 Å². The number of aliphatic hydroxyl groups excluding tert-OH is 1. The van der Waals surface area contributed by atoms with Crippen LogP contribution < -0.4 is 10.2 Å². The number of hydrogen-bond acceptors (Lipinski definition) is 7. The van der Waals surface area contributed by atoms with Gasteiger partial charge in [0, 0.05) is 49.0 Å². The first kappa shape index (κ1) is 28.9. The van der Waals surface area contributed by atoms with Crippen LogP contribution in [0.2, 0.25) is 0 Å². The Morgan fingerprint density at radius 2 is 1.75 bits per heavy atom. The average molecular weight is 558 g/mol. The summed E-state index contributed by atoms with van der Waals surface area (Å²) in [6.07, 6.45) is 3.11. The van der Waals surface area contributed by atoms with Gasteiger partial charge < -0.3 is 20.2 Å². The number of rotatable bonds is 11. The van der Waals surface area contributed by atoms with Crippen LogP contribution in [0.5, 0.6) is 0 Å². The van der Waals surface area contributed by atoms with Gasteiger partial charge in [-0.3, -0.25) is 14.6 Å². The monoisotopic (exact) mass is 557 g/mol. The number of nitrogens with zero attached hydrogens (tertiary/aromatic N) is 4. The van der Waals surface area contributed by atoms with Crippen molar-refractivity contribution in [2.45, 2.75) is 39.0 Å². The fraction of sp³-hybridized carbons (Fsp3) is 0.290. The summed E-state index contributed by atoms with van der Waals surface area (Å²) >= 11 is 1.51. The van der Waals surface area contributed by atoms with Crippen LogP contribution in [0.25, 0.3) is 0 Å². The minimum Gasteiger partial charge on any atom is -0.389 e. The number of aliphatic hydroxyl groups is 1. The molecule has 2 aromatic heterocycles. The Kier molecular flexibility index (Phi) is 9.63. The average Bonchev–Trinajstić information content (AvgIpc) is 3.36. The number of nitrogens with one attached hydrogen (secondary N) is 1. The molecule has 0 aliphatic rings. The summed E-state index contributed by atoms with van der Waals surface area (Å²) < 4.78 is 0. The van der Waals surface area contributed by atoms with E-state index in [2.05, 4.69) is 15.3 Å². The van der Waals surface area contributed by atoms with Crippen molar-refractivity contribution in [1.29, 1.82) is 0 Å². The van der Waals surface area contributed by atoms with Gasteiger partial charge >= 0.3 is 0 Å². The topological polar surface area (TPSA) is 98.7 Å². The number of amides is 2. The number of aromatic nitrogens is 2. The van der Waals surface area contributed by atoms with Gasteiger partial charge in [0.05, 0.1) is 30.6 Å². The first-order valence-corrected chi connectivity index (χ1v) is 14.0. The fourth-order valence-corrected chi connectivity index (χ4v) is 5.25. The molecule has 2 unspecified atom stereocenters. The highest BCUT2D eigenvalue weighted by molar-refractivity contribution is 7.09. The van der Waals surface area contributed by atoms with Crippen molar-refractivity contribution in [2.24, 2.45) is 0 Å². The maximum atomic E-state index is 13.4. The van der Waals surface area contributed by atoms with E-state index in [0.29, 0.717) is 30.6 Å². The van der Waals surface area contributed by atoms with Crippen LogP contribution >= 0.6 is 11.3 Å². The summed E-state index contributed by atoms with van der Waals surface area (Å²) in [4.78, 5) is 38.7. The molecule has 0 aliphatic carbocycles. The Hall–Kier alpha value is -4.08. The van der Waals surface area contributed by atoms with Gasteiger partial charge in [0.15, 0.2) is 0 Å². The van der Waals surface area contributed by atoms with E-state index in [4.69, 9.17) is 0 Å². The highest BCUT2D eigenvalue weighted by atomic mass is 32.1. The maximum Gasteiger partial charge on any atom is 0.253 e. The summed E-state index contributed by atoms with van der Waals surface area (Å²) in [7, 11) is 3.61. The van der Waals surface area contributed by atoms with Gasteiger partial charge in [0.2, 0.25) is 0 Å². The van der Waals surface area contributed by atoms with Crippen molar-refractivity contribution in [3.8, 4) is 0 Å². The smallest absolute Gasteiger partial charge is 0.253 e. The predicted molar refractivity (Wildman–Crippen MR) is 159 cm³/mol. The summed E-state index contributed by atoms with van der Waals surface area (Å²) in [6.45, 7) is 4.57. The van der Waals surface area contributed by atoms with Crippen LogP contribution in [0, 0.1) is 13.8 Å². The van der Waals surface area contributed by atoms with Gasteiger partial charge in [-0.1, -0.05) is 36.4 Å². The van der Waals surface area contributed by atoms with E-state index >= 15 is 0 Å². The molecule has 0 aliphatic heterocycles. The van der Waals surface area contributed by atoms with E-state index in [1.807, 2.05) is 67.6 Å². The number of carbonyl (C=O) groups excluding carboxylic acids is 2. The highest BCUT2D eigenvalue weighted by Gasteiger charge is 2.25. The van der Waals surface area contributed by atoms with Crippen molar-refractivity contribution in [1.82, 2.24) is 20.2 Å². The van der Waals surface area contributed by atoms with Gasteiger partial charge in [-0.25, -0.2) is 4.98 Å². The number of pyridine rings is 1. The molecule has 0 bridgehead atoms. The summed E-state index contributed by atoms with van der Waals surface area (Å²) in [5, 5.41) is 17.1. The second-order valence-corrected chi connectivity index (χ2v) is 11.0. The normalized spacial score (nSPS) is 12.4. The molecule has 9 heteroatoms. The number of hydrogen-bond donors (Lipinski definition) is 2. The second kappa shape index (κ2) is 13.3. The van der Waals surface area contributed by atoms with Crippen LogP contribution in [0.15, 0.2) is 78.4 Å². The van der Waals surface area contributed by atoms with Crippen LogP contribution in [0.4, 0.5) is 5.69 Å². The van der Waals surface area contributed by atoms with Gasteiger partial charge in [0.1, 0.15) is 5.01 Å². The van der Waals surface area contributed by atoms with Gasteiger partial charge in [0.25, 0.3) is 11.8 Å². The fourth-order valence-electron chi connectivity index (χ4n) is 4.43. The largest absolute Gasteiger partial charge is 0.389 e. The van der Waals surface area contributed by atoms with Gasteiger partial charge in [-0.2, -0.15) is 0 Å². The lowest BCUT2D eigenvalue weighted by atomic mass is 9.99. The molecule has 2 atom stereocenters. The zero-order valence-corrected chi connectivity index (χ0v) is 24.1. The Balaban J connectivity index is 1.48. The third kappa shape index (κ3) is 7.74. The number of aryl methyl sites for hydroxylation is 2. The van der Waals surface area contributed by atoms with Crippen LogP contribution in [0.1, 0.15) is 42.5 Å². The molecule has 0 saturated carbocycles. The highest BCUT2D eigenvalue weighted by Crippen LogP contribution is 2.17. The summed E-state index contributed by atoms with van der Waals surface area (Å²) in [5.74, 6) is -0.551. The molecular weight excluding hydrogens is 522 g/mol. The molecule has 8 nitrogen and oxygen atoms in total. The zero-order chi connectivity index (χ0) is 28.6. The van der Waals surface area contributed by atoms with Crippen molar-refractivity contribution in [3.63, 3.8) is 0 Å². The van der Waals surface area contributed by atoms with Gasteiger partial charge in [-0.05, 0) is 55.7 Å². The molecule has 0 fully saturated rings. The molecule has 2 amide bonds.